The second kappa shape index (κ2) is 2.75. The van der Waals surface area contributed by atoms with Crippen molar-refractivity contribution in [3.05, 3.63) is 34.6 Å². The molecular weight excluding hydrogens is 139 g/mol. The van der Waals surface area contributed by atoms with Crippen molar-refractivity contribution in [1.29, 1.82) is 0 Å². The molecule has 0 unspecified atom stereocenters. The van der Waals surface area contributed by atoms with Crippen molar-refractivity contribution in [3.63, 3.8) is 0 Å². The summed E-state index contributed by atoms with van der Waals surface area (Å²) in [7, 11) is 0. The zero-order valence-electron chi connectivity index (χ0n) is 6.61. The van der Waals surface area contributed by atoms with Crippen molar-refractivity contribution < 1.29 is 4.39 Å². The molecular formula is C10H9F. The SMILES string of the molecule is C#Cc1c(C)ccc(C)c1F. The van der Waals surface area contributed by atoms with Crippen molar-refractivity contribution in [3.8, 4) is 12.3 Å². The first-order valence-corrected chi connectivity index (χ1v) is 3.39. The third kappa shape index (κ3) is 1.25. The molecule has 0 fully saturated rings. The fourth-order valence-corrected chi connectivity index (χ4v) is 0.954. The maximum Gasteiger partial charge on any atom is 0.141 e. The lowest BCUT2D eigenvalue weighted by molar-refractivity contribution is 0.614. The average molecular weight is 148 g/mol. The van der Waals surface area contributed by atoms with E-state index in [1.165, 1.54) is 0 Å². The molecule has 56 valence electrons. The first-order chi connectivity index (χ1) is 5.16. The first kappa shape index (κ1) is 7.81. The lowest BCUT2D eigenvalue weighted by Crippen LogP contribution is -1.91. The molecule has 1 aromatic rings. The summed E-state index contributed by atoms with van der Waals surface area (Å²) in [5.41, 5.74) is 1.80. The third-order valence-electron chi connectivity index (χ3n) is 1.69. The smallest absolute Gasteiger partial charge is 0.141 e. The van der Waals surface area contributed by atoms with Crippen LogP contribution < -0.4 is 0 Å². The van der Waals surface area contributed by atoms with Crippen molar-refractivity contribution >= 4 is 0 Å². The summed E-state index contributed by atoms with van der Waals surface area (Å²) >= 11 is 0. The van der Waals surface area contributed by atoms with Gasteiger partial charge in [0.2, 0.25) is 0 Å². The average Bonchev–Trinajstić information content (AvgIpc) is 1.99. The van der Waals surface area contributed by atoms with Crippen LogP contribution in [0, 0.1) is 32.0 Å². The third-order valence-corrected chi connectivity index (χ3v) is 1.69. The van der Waals surface area contributed by atoms with Crippen molar-refractivity contribution in [2.24, 2.45) is 0 Å². The minimum atomic E-state index is -0.271. The largest absolute Gasteiger partial charge is 0.205 e. The van der Waals surface area contributed by atoms with Gasteiger partial charge in [0.15, 0.2) is 0 Å². The van der Waals surface area contributed by atoms with Gasteiger partial charge in [-0.1, -0.05) is 18.1 Å². The summed E-state index contributed by atoms with van der Waals surface area (Å²) in [6, 6.07) is 3.55. The fraction of sp³-hybridized carbons (Fsp3) is 0.200. The van der Waals surface area contributed by atoms with Crippen LogP contribution in [0.25, 0.3) is 0 Å². The van der Waals surface area contributed by atoms with Gasteiger partial charge in [-0.05, 0) is 25.0 Å². The molecule has 0 heterocycles. The Kier molecular flexibility index (Phi) is 1.96. The van der Waals surface area contributed by atoms with Crippen molar-refractivity contribution in [1.82, 2.24) is 0 Å². The summed E-state index contributed by atoms with van der Waals surface area (Å²) in [5, 5.41) is 0. The van der Waals surface area contributed by atoms with Gasteiger partial charge >= 0.3 is 0 Å². The second-order valence-corrected chi connectivity index (χ2v) is 2.53. The fourth-order valence-electron chi connectivity index (χ4n) is 0.954. The zero-order valence-corrected chi connectivity index (χ0v) is 6.61. The molecule has 0 saturated carbocycles. The van der Waals surface area contributed by atoms with E-state index in [0.717, 1.165) is 5.56 Å². The van der Waals surface area contributed by atoms with Crippen LogP contribution in [-0.2, 0) is 0 Å². The molecule has 11 heavy (non-hydrogen) atoms. The van der Waals surface area contributed by atoms with E-state index in [4.69, 9.17) is 6.42 Å². The van der Waals surface area contributed by atoms with Gasteiger partial charge in [0.05, 0.1) is 5.56 Å². The van der Waals surface area contributed by atoms with Gasteiger partial charge in [-0.25, -0.2) is 4.39 Å². The van der Waals surface area contributed by atoms with Gasteiger partial charge in [-0.15, -0.1) is 6.42 Å². The van der Waals surface area contributed by atoms with Crippen LogP contribution in [0.3, 0.4) is 0 Å². The number of hydrogen-bond acceptors (Lipinski definition) is 0. The minimum absolute atomic E-state index is 0.271. The number of rotatable bonds is 0. The van der Waals surface area contributed by atoms with E-state index in [1.807, 2.05) is 6.07 Å². The highest BCUT2D eigenvalue weighted by atomic mass is 19.1. The summed E-state index contributed by atoms with van der Waals surface area (Å²) in [6.45, 7) is 3.51. The van der Waals surface area contributed by atoms with Crippen LogP contribution in [0.5, 0.6) is 0 Å². The van der Waals surface area contributed by atoms with Gasteiger partial charge in [0.1, 0.15) is 5.82 Å². The Labute approximate surface area is 66.1 Å². The minimum Gasteiger partial charge on any atom is -0.205 e. The Hall–Kier alpha value is -1.29. The van der Waals surface area contributed by atoms with Gasteiger partial charge < -0.3 is 0 Å². The molecule has 0 atom stereocenters. The van der Waals surface area contributed by atoms with E-state index in [0.29, 0.717) is 11.1 Å². The molecule has 0 bridgehead atoms. The molecule has 0 N–H and O–H groups in total. The predicted octanol–water partition coefficient (Wildman–Crippen LogP) is 2.42. The monoisotopic (exact) mass is 148 g/mol. The number of benzene rings is 1. The van der Waals surface area contributed by atoms with Gasteiger partial charge in [-0.3, -0.25) is 0 Å². The first-order valence-electron chi connectivity index (χ1n) is 3.39. The molecule has 0 aliphatic carbocycles. The van der Waals surface area contributed by atoms with E-state index in [-0.39, 0.29) is 5.82 Å². The molecule has 0 aromatic heterocycles. The Bertz CT molecular complexity index is 318. The predicted molar refractivity (Wildman–Crippen MR) is 43.8 cm³/mol. The summed E-state index contributed by atoms with van der Waals surface area (Å²) in [5.74, 6) is 2.06. The molecule has 0 saturated heterocycles. The lowest BCUT2D eigenvalue weighted by Gasteiger charge is -2.01. The van der Waals surface area contributed by atoms with Crippen LogP contribution in [-0.4, -0.2) is 0 Å². The standard InChI is InChI=1S/C10H9F/c1-4-9-7(2)5-6-8(3)10(9)11/h1,5-6H,2-3H3. The molecule has 0 nitrogen and oxygen atoms in total. The Balaban J connectivity index is 3.44. The van der Waals surface area contributed by atoms with Crippen LogP contribution >= 0.6 is 0 Å². The highest BCUT2D eigenvalue weighted by Crippen LogP contribution is 2.14. The maximum absolute atomic E-state index is 13.1. The molecule has 0 amide bonds. The molecule has 0 radical (unpaired) electrons. The van der Waals surface area contributed by atoms with E-state index < -0.39 is 0 Å². The molecule has 0 aliphatic rings. The molecule has 1 aromatic carbocycles. The van der Waals surface area contributed by atoms with Crippen LogP contribution in [0.4, 0.5) is 4.39 Å². The highest BCUT2D eigenvalue weighted by molar-refractivity contribution is 5.42. The van der Waals surface area contributed by atoms with Crippen molar-refractivity contribution in [2.75, 3.05) is 0 Å². The Morgan fingerprint density at radius 3 is 2.27 bits per heavy atom. The quantitative estimate of drug-likeness (QED) is 0.496. The Morgan fingerprint density at radius 2 is 1.82 bits per heavy atom. The molecule has 0 aliphatic heterocycles. The maximum atomic E-state index is 13.1. The highest BCUT2D eigenvalue weighted by Gasteiger charge is 2.04. The van der Waals surface area contributed by atoms with Crippen LogP contribution in [0.1, 0.15) is 16.7 Å². The van der Waals surface area contributed by atoms with Crippen LogP contribution in [0.15, 0.2) is 12.1 Å². The van der Waals surface area contributed by atoms with Gasteiger partial charge in [0, 0.05) is 0 Å². The summed E-state index contributed by atoms with van der Waals surface area (Å²) in [6.07, 6.45) is 5.13. The Morgan fingerprint density at radius 1 is 1.27 bits per heavy atom. The molecule has 0 spiro atoms. The summed E-state index contributed by atoms with van der Waals surface area (Å²) < 4.78 is 13.1. The van der Waals surface area contributed by atoms with Crippen LogP contribution in [0.2, 0.25) is 0 Å². The van der Waals surface area contributed by atoms with E-state index in [9.17, 15) is 4.39 Å². The number of aryl methyl sites for hydroxylation is 2. The van der Waals surface area contributed by atoms with E-state index in [1.54, 1.807) is 19.9 Å². The number of terminal acetylenes is 1. The van der Waals surface area contributed by atoms with Gasteiger partial charge in [0.25, 0.3) is 0 Å². The second-order valence-electron chi connectivity index (χ2n) is 2.53. The molecule has 1 rings (SSSR count). The lowest BCUT2D eigenvalue weighted by atomic mass is 10.1. The van der Waals surface area contributed by atoms with Gasteiger partial charge in [-0.2, -0.15) is 0 Å². The zero-order chi connectivity index (χ0) is 8.43. The van der Waals surface area contributed by atoms with E-state index >= 15 is 0 Å². The normalized spacial score (nSPS) is 9.27. The van der Waals surface area contributed by atoms with E-state index in [2.05, 4.69) is 5.92 Å². The summed E-state index contributed by atoms with van der Waals surface area (Å²) in [4.78, 5) is 0. The molecule has 1 heteroatoms. The number of hydrogen-bond donors (Lipinski definition) is 0. The number of halogens is 1. The van der Waals surface area contributed by atoms with Crippen molar-refractivity contribution in [2.45, 2.75) is 13.8 Å². The topological polar surface area (TPSA) is 0 Å².